The van der Waals surface area contributed by atoms with Crippen LogP contribution in [0.1, 0.15) is 33.3 Å². The molecule has 1 heterocycles. The summed E-state index contributed by atoms with van der Waals surface area (Å²) in [5.74, 6) is 4.51. The van der Waals surface area contributed by atoms with Crippen molar-refractivity contribution in [1.29, 1.82) is 0 Å². The van der Waals surface area contributed by atoms with Gasteiger partial charge in [-0.1, -0.05) is 0 Å². The zero-order valence-corrected chi connectivity index (χ0v) is 11.8. The van der Waals surface area contributed by atoms with Gasteiger partial charge in [0.05, 0.1) is 6.04 Å². The molecule has 0 saturated carbocycles. The Kier molecular flexibility index (Phi) is 3.83. The van der Waals surface area contributed by atoms with Crippen molar-refractivity contribution in [2.24, 2.45) is 5.84 Å². The average Bonchev–Trinajstić information content (AvgIpc) is 2.95. The van der Waals surface area contributed by atoms with Crippen molar-refractivity contribution in [2.45, 2.75) is 31.7 Å². The molecule has 3 rings (SSSR count). The Hall–Kier alpha value is -1.30. The number of fused-ring (bicyclic) bond motifs is 1. The van der Waals surface area contributed by atoms with Crippen LogP contribution in [0.25, 0.3) is 0 Å². The minimum Gasteiger partial charge on any atom is -0.271 e. The highest BCUT2D eigenvalue weighted by molar-refractivity contribution is 7.12. The smallest absolute Gasteiger partial charge is 0.126 e. The van der Waals surface area contributed by atoms with E-state index in [0.29, 0.717) is 12.0 Å². The van der Waals surface area contributed by atoms with Crippen LogP contribution in [0, 0.1) is 11.6 Å². The quantitative estimate of drug-likeness (QED) is 0.671. The fraction of sp³-hybridized carbons (Fsp3) is 0.333. The van der Waals surface area contributed by atoms with Gasteiger partial charge in [0.2, 0.25) is 0 Å². The van der Waals surface area contributed by atoms with Crippen LogP contribution >= 0.6 is 11.3 Å². The van der Waals surface area contributed by atoms with E-state index >= 15 is 0 Å². The van der Waals surface area contributed by atoms with E-state index in [9.17, 15) is 8.78 Å². The summed E-state index contributed by atoms with van der Waals surface area (Å²) in [6, 6.07) is 5.66. The maximum atomic E-state index is 13.2. The standard InChI is InChI=1S/C15H16F2N2S/c16-11-4-9(5-12(17)8-11)6-13(19-18)15-7-10-2-1-3-14(10)20-15/h4-5,7-8,13,19H,1-3,6,18H2. The molecule has 2 nitrogen and oxygen atoms in total. The molecular formula is C15H16F2N2S. The Labute approximate surface area is 120 Å². The Morgan fingerprint density at radius 3 is 2.55 bits per heavy atom. The summed E-state index contributed by atoms with van der Waals surface area (Å²) >= 11 is 1.75. The van der Waals surface area contributed by atoms with E-state index in [4.69, 9.17) is 5.84 Å². The van der Waals surface area contributed by atoms with Crippen molar-refractivity contribution in [2.75, 3.05) is 0 Å². The molecule has 0 aliphatic heterocycles. The van der Waals surface area contributed by atoms with Crippen LogP contribution < -0.4 is 11.3 Å². The van der Waals surface area contributed by atoms with Gasteiger partial charge in [-0.3, -0.25) is 11.3 Å². The molecule has 5 heteroatoms. The van der Waals surface area contributed by atoms with E-state index in [2.05, 4.69) is 11.5 Å². The first kappa shape index (κ1) is 13.7. The van der Waals surface area contributed by atoms with Gasteiger partial charge in [-0.05, 0) is 55.0 Å². The third kappa shape index (κ3) is 2.75. The van der Waals surface area contributed by atoms with Gasteiger partial charge in [0.15, 0.2) is 0 Å². The Balaban J connectivity index is 1.82. The van der Waals surface area contributed by atoms with Crippen molar-refractivity contribution in [3.8, 4) is 0 Å². The largest absolute Gasteiger partial charge is 0.271 e. The minimum atomic E-state index is -0.551. The molecule has 20 heavy (non-hydrogen) atoms. The summed E-state index contributed by atoms with van der Waals surface area (Å²) in [6.07, 6.45) is 3.95. The molecule has 0 amide bonds. The molecule has 1 unspecified atom stereocenters. The summed E-state index contributed by atoms with van der Waals surface area (Å²) in [4.78, 5) is 2.56. The Morgan fingerprint density at radius 1 is 1.15 bits per heavy atom. The van der Waals surface area contributed by atoms with Gasteiger partial charge in [0.25, 0.3) is 0 Å². The van der Waals surface area contributed by atoms with Gasteiger partial charge in [-0.15, -0.1) is 11.3 Å². The summed E-state index contributed by atoms with van der Waals surface area (Å²) < 4.78 is 26.5. The van der Waals surface area contributed by atoms with Gasteiger partial charge in [0.1, 0.15) is 11.6 Å². The molecule has 0 fully saturated rings. The maximum absolute atomic E-state index is 13.2. The molecule has 0 bridgehead atoms. The lowest BCUT2D eigenvalue weighted by molar-refractivity contribution is 0.546. The van der Waals surface area contributed by atoms with Gasteiger partial charge in [-0.25, -0.2) is 8.78 Å². The first-order chi connectivity index (χ1) is 9.65. The van der Waals surface area contributed by atoms with E-state index in [1.807, 2.05) is 0 Å². The zero-order chi connectivity index (χ0) is 14.1. The van der Waals surface area contributed by atoms with Crippen molar-refractivity contribution in [3.63, 3.8) is 0 Å². The number of hydrogen-bond acceptors (Lipinski definition) is 3. The maximum Gasteiger partial charge on any atom is 0.126 e. The van der Waals surface area contributed by atoms with Crippen molar-refractivity contribution < 1.29 is 8.78 Å². The lowest BCUT2D eigenvalue weighted by atomic mass is 10.0. The second kappa shape index (κ2) is 5.60. The SMILES string of the molecule is NNC(Cc1cc(F)cc(F)c1)c1cc2c(s1)CCC2. The summed E-state index contributed by atoms with van der Waals surface area (Å²) in [5, 5.41) is 0. The first-order valence-corrected chi connectivity index (χ1v) is 7.50. The lowest BCUT2D eigenvalue weighted by Gasteiger charge is -2.14. The van der Waals surface area contributed by atoms with Crippen molar-refractivity contribution in [1.82, 2.24) is 5.43 Å². The van der Waals surface area contributed by atoms with Crippen LogP contribution in [0.3, 0.4) is 0 Å². The molecule has 1 aliphatic carbocycles. The zero-order valence-electron chi connectivity index (χ0n) is 11.0. The first-order valence-electron chi connectivity index (χ1n) is 6.68. The van der Waals surface area contributed by atoms with E-state index in [1.165, 1.54) is 29.0 Å². The average molecular weight is 294 g/mol. The van der Waals surface area contributed by atoms with Crippen LogP contribution in [0.2, 0.25) is 0 Å². The monoisotopic (exact) mass is 294 g/mol. The number of aryl methyl sites for hydroxylation is 2. The Bertz CT molecular complexity index is 583. The van der Waals surface area contributed by atoms with Crippen molar-refractivity contribution >= 4 is 11.3 Å². The molecular weight excluding hydrogens is 278 g/mol. The minimum absolute atomic E-state index is 0.105. The molecule has 1 aromatic carbocycles. The summed E-state index contributed by atoms with van der Waals surface area (Å²) in [5.41, 5.74) is 4.77. The topological polar surface area (TPSA) is 38.0 Å². The van der Waals surface area contributed by atoms with E-state index in [0.717, 1.165) is 23.8 Å². The number of nitrogens with two attached hydrogens (primary N) is 1. The molecule has 0 spiro atoms. The fourth-order valence-electron chi connectivity index (χ4n) is 2.73. The normalized spacial score (nSPS) is 15.3. The molecule has 0 saturated heterocycles. The van der Waals surface area contributed by atoms with Gasteiger partial charge in [0, 0.05) is 15.8 Å². The van der Waals surface area contributed by atoms with Crippen molar-refractivity contribution in [3.05, 3.63) is 56.8 Å². The molecule has 0 radical (unpaired) electrons. The number of benzene rings is 1. The molecule has 1 atom stereocenters. The number of hydrazine groups is 1. The number of nitrogens with one attached hydrogen (secondary N) is 1. The van der Waals surface area contributed by atoms with Gasteiger partial charge >= 0.3 is 0 Å². The number of thiophene rings is 1. The summed E-state index contributed by atoms with van der Waals surface area (Å²) in [6.45, 7) is 0. The third-order valence-electron chi connectivity index (χ3n) is 3.67. The number of hydrogen-bond donors (Lipinski definition) is 2. The molecule has 1 aromatic heterocycles. The van der Waals surface area contributed by atoms with E-state index in [1.54, 1.807) is 11.3 Å². The van der Waals surface area contributed by atoms with Crippen LogP contribution in [0.5, 0.6) is 0 Å². The van der Waals surface area contributed by atoms with E-state index < -0.39 is 11.6 Å². The van der Waals surface area contributed by atoms with Crippen LogP contribution in [0.15, 0.2) is 24.3 Å². The third-order valence-corrected chi connectivity index (χ3v) is 5.02. The van der Waals surface area contributed by atoms with Crippen LogP contribution in [0.4, 0.5) is 8.78 Å². The molecule has 1 aliphatic rings. The second-order valence-corrected chi connectivity index (χ2v) is 6.32. The van der Waals surface area contributed by atoms with Crippen LogP contribution in [-0.4, -0.2) is 0 Å². The number of halogens is 2. The van der Waals surface area contributed by atoms with Gasteiger partial charge < -0.3 is 0 Å². The molecule has 106 valence electrons. The second-order valence-electron chi connectivity index (χ2n) is 5.15. The highest BCUT2D eigenvalue weighted by Gasteiger charge is 2.20. The predicted molar refractivity (Wildman–Crippen MR) is 76.5 cm³/mol. The highest BCUT2D eigenvalue weighted by Crippen LogP contribution is 2.34. The Morgan fingerprint density at radius 2 is 1.90 bits per heavy atom. The number of rotatable bonds is 4. The van der Waals surface area contributed by atoms with E-state index in [-0.39, 0.29) is 6.04 Å². The van der Waals surface area contributed by atoms with Crippen LogP contribution in [-0.2, 0) is 19.3 Å². The predicted octanol–water partition coefficient (Wildman–Crippen LogP) is 3.26. The fourth-order valence-corrected chi connectivity index (χ4v) is 4.05. The highest BCUT2D eigenvalue weighted by atomic mass is 32.1. The molecule has 3 N–H and O–H groups in total. The molecule has 2 aromatic rings. The van der Waals surface area contributed by atoms with Gasteiger partial charge in [-0.2, -0.15) is 0 Å². The lowest BCUT2D eigenvalue weighted by Crippen LogP contribution is -2.29. The summed E-state index contributed by atoms with van der Waals surface area (Å²) in [7, 11) is 0.